The van der Waals surface area contributed by atoms with Crippen molar-refractivity contribution in [3.63, 3.8) is 0 Å². The van der Waals surface area contributed by atoms with Gasteiger partial charge in [0, 0.05) is 13.1 Å². The number of aliphatic carboxylic acids is 1. The van der Waals surface area contributed by atoms with E-state index in [-0.39, 0.29) is 44.0 Å². The molecule has 0 aliphatic rings. The molecule has 1 rings (SSSR count). The zero-order chi connectivity index (χ0) is 20.1. The second-order valence-corrected chi connectivity index (χ2v) is 5.02. The van der Waals surface area contributed by atoms with Crippen molar-refractivity contribution in [1.29, 1.82) is 0 Å². The van der Waals surface area contributed by atoms with Gasteiger partial charge in [0.2, 0.25) is 0 Å². The van der Waals surface area contributed by atoms with E-state index in [1.807, 2.05) is 0 Å². The van der Waals surface area contributed by atoms with Gasteiger partial charge in [-0.25, -0.2) is 9.59 Å². The highest BCUT2D eigenvalue weighted by atomic mass is 16.4. The van der Waals surface area contributed by atoms with Crippen molar-refractivity contribution in [3.05, 3.63) is 35.4 Å². The van der Waals surface area contributed by atoms with Gasteiger partial charge in [0.1, 0.15) is 6.42 Å². The molecule has 0 spiro atoms. The largest absolute Gasteiger partial charge is 0.481 e. The van der Waals surface area contributed by atoms with Crippen LogP contribution in [0.4, 0.5) is 0 Å². The molecule has 0 aliphatic heterocycles. The maximum absolute atomic E-state index is 11.0. The van der Waals surface area contributed by atoms with Gasteiger partial charge in [-0.1, -0.05) is 0 Å². The van der Waals surface area contributed by atoms with Crippen molar-refractivity contribution in [2.45, 2.75) is 6.42 Å². The van der Waals surface area contributed by atoms with E-state index in [9.17, 15) is 19.2 Å². The zero-order valence-corrected chi connectivity index (χ0v) is 13.9. The minimum atomic E-state index is -1.16. The van der Waals surface area contributed by atoms with Gasteiger partial charge in [0.05, 0.1) is 30.9 Å². The lowest BCUT2D eigenvalue weighted by Crippen LogP contribution is -2.35. The summed E-state index contributed by atoms with van der Waals surface area (Å²) in [5.41, 5.74) is 0.167. The van der Waals surface area contributed by atoms with Crippen LogP contribution in [0.15, 0.2) is 24.3 Å². The standard InChI is InChI=1S/C8H15NO5.C8H6O4/c10-3-1-9(2-4-11)6-7(12)5-8(13)14;9-7(10)5-1-2-6(4-3-5)8(11)12/h10-11H,1-6H2,(H,13,14);1-4H,(H,9,10)(H,11,12). The molecule has 5 N–H and O–H groups in total. The normalized spacial score (nSPS) is 9.96. The van der Waals surface area contributed by atoms with E-state index in [4.69, 9.17) is 25.5 Å². The monoisotopic (exact) mass is 371 g/mol. The van der Waals surface area contributed by atoms with Crippen LogP contribution in [-0.4, -0.2) is 87.0 Å². The lowest BCUT2D eigenvalue weighted by Gasteiger charge is -2.18. The number of rotatable bonds is 10. The Morgan fingerprint density at radius 1 is 0.769 bits per heavy atom. The fraction of sp³-hybridized carbons (Fsp3) is 0.375. The molecule has 1 aromatic carbocycles. The SMILES string of the molecule is O=C(O)CC(=O)CN(CCO)CCO.O=C(O)c1ccc(C(=O)O)cc1. The number of ketones is 1. The molecule has 0 aliphatic carbocycles. The Morgan fingerprint density at radius 2 is 1.15 bits per heavy atom. The van der Waals surface area contributed by atoms with Gasteiger partial charge in [0.25, 0.3) is 0 Å². The highest BCUT2D eigenvalue weighted by Crippen LogP contribution is 2.03. The van der Waals surface area contributed by atoms with Crippen molar-refractivity contribution in [1.82, 2.24) is 4.90 Å². The van der Waals surface area contributed by atoms with Crippen LogP contribution >= 0.6 is 0 Å². The number of Topliss-reactive ketones (excluding diaryl/α,β-unsaturated/α-hetero) is 1. The number of aliphatic hydroxyl groups is 2. The van der Waals surface area contributed by atoms with E-state index in [0.717, 1.165) is 0 Å². The van der Waals surface area contributed by atoms with Gasteiger partial charge in [-0.15, -0.1) is 0 Å². The van der Waals surface area contributed by atoms with E-state index in [0.29, 0.717) is 0 Å². The smallest absolute Gasteiger partial charge is 0.335 e. The molecule has 0 heterocycles. The maximum atomic E-state index is 11.0. The van der Waals surface area contributed by atoms with Crippen LogP contribution in [0.5, 0.6) is 0 Å². The van der Waals surface area contributed by atoms with E-state index in [1.165, 1.54) is 29.2 Å². The molecule has 10 heteroatoms. The third-order valence-electron chi connectivity index (χ3n) is 2.96. The summed E-state index contributed by atoms with van der Waals surface area (Å²) >= 11 is 0. The molecule has 0 bridgehead atoms. The van der Waals surface area contributed by atoms with E-state index < -0.39 is 30.1 Å². The molecule has 0 unspecified atom stereocenters. The average molecular weight is 371 g/mol. The molecule has 0 amide bonds. The molecule has 0 fully saturated rings. The molecule has 10 nitrogen and oxygen atoms in total. The van der Waals surface area contributed by atoms with Gasteiger partial charge >= 0.3 is 17.9 Å². The topological polar surface area (TPSA) is 173 Å². The minimum Gasteiger partial charge on any atom is -0.481 e. The first kappa shape index (κ1) is 23.2. The van der Waals surface area contributed by atoms with Crippen molar-refractivity contribution >= 4 is 23.7 Å². The molecule has 0 saturated carbocycles. The third kappa shape index (κ3) is 10.1. The fourth-order valence-corrected chi connectivity index (χ4v) is 1.78. The second kappa shape index (κ2) is 12.5. The fourth-order valence-electron chi connectivity index (χ4n) is 1.78. The number of hydrogen-bond donors (Lipinski definition) is 5. The van der Waals surface area contributed by atoms with Gasteiger partial charge in [0.15, 0.2) is 5.78 Å². The predicted octanol–water partition coefficient (Wildman–Crippen LogP) is -0.600. The Hall–Kier alpha value is -2.82. The van der Waals surface area contributed by atoms with Crippen LogP contribution < -0.4 is 0 Å². The van der Waals surface area contributed by atoms with Crippen molar-refractivity contribution < 1.29 is 44.7 Å². The Kier molecular flexibility index (Phi) is 11.2. The molecule has 0 atom stereocenters. The minimum absolute atomic E-state index is 0.0482. The predicted molar refractivity (Wildman–Crippen MR) is 88.2 cm³/mol. The average Bonchev–Trinajstić information content (AvgIpc) is 2.55. The van der Waals surface area contributed by atoms with Gasteiger partial charge < -0.3 is 25.5 Å². The lowest BCUT2D eigenvalue weighted by atomic mass is 10.1. The van der Waals surface area contributed by atoms with E-state index >= 15 is 0 Å². The first-order valence-corrected chi connectivity index (χ1v) is 7.45. The van der Waals surface area contributed by atoms with Crippen LogP contribution in [0.2, 0.25) is 0 Å². The van der Waals surface area contributed by atoms with Gasteiger partial charge in [-0.2, -0.15) is 0 Å². The Labute approximate surface area is 148 Å². The number of nitrogens with zero attached hydrogens (tertiary/aromatic N) is 1. The molecule has 0 aromatic heterocycles. The maximum Gasteiger partial charge on any atom is 0.335 e. The quantitative estimate of drug-likeness (QED) is 0.334. The highest BCUT2D eigenvalue weighted by molar-refractivity contribution is 5.95. The van der Waals surface area contributed by atoms with Crippen molar-refractivity contribution in [2.75, 3.05) is 32.8 Å². The highest BCUT2D eigenvalue weighted by Gasteiger charge is 2.12. The first-order chi connectivity index (χ1) is 12.2. The van der Waals surface area contributed by atoms with Crippen molar-refractivity contribution in [2.24, 2.45) is 0 Å². The molecule has 26 heavy (non-hydrogen) atoms. The zero-order valence-electron chi connectivity index (χ0n) is 13.9. The first-order valence-electron chi connectivity index (χ1n) is 7.45. The molecular formula is C16H21NO9. The van der Waals surface area contributed by atoms with Crippen LogP contribution in [0.1, 0.15) is 27.1 Å². The summed E-state index contributed by atoms with van der Waals surface area (Å²) in [6.45, 7) is 0.214. The van der Waals surface area contributed by atoms with Crippen LogP contribution in [0, 0.1) is 0 Å². The molecule has 0 radical (unpaired) electrons. The Balaban J connectivity index is 0.000000485. The summed E-state index contributed by atoms with van der Waals surface area (Å²) in [6.07, 6.45) is -0.520. The Bertz CT molecular complexity index is 574. The number of aliphatic hydroxyl groups excluding tert-OH is 2. The summed E-state index contributed by atoms with van der Waals surface area (Å²) in [7, 11) is 0. The third-order valence-corrected chi connectivity index (χ3v) is 2.96. The lowest BCUT2D eigenvalue weighted by molar-refractivity contribution is -0.140. The van der Waals surface area contributed by atoms with Crippen LogP contribution in [0.3, 0.4) is 0 Å². The molecule has 0 saturated heterocycles. The molecule has 144 valence electrons. The van der Waals surface area contributed by atoms with Crippen molar-refractivity contribution in [3.8, 4) is 0 Å². The van der Waals surface area contributed by atoms with Gasteiger partial charge in [-0.3, -0.25) is 14.5 Å². The molecule has 1 aromatic rings. The number of carbonyl (C=O) groups excluding carboxylic acids is 1. The summed E-state index contributed by atoms with van der Waals surface area (Å²) in [5.74, 6) is -3.72. The second-order valence-electron chi connectivity index (χ2n) is 5.02. The number of carboxylic acids is 3. The van der Waals surface area contributed by atoms with Crippen LogP contribution in [0.25, 0.3) is 0 Å². The van der Waals surface area contributed by atoms with E-state index in [1.54, 1.807) is 0 Å². The summed E-state index contributed by atoms with van der Waals surface area (Å²) in [6, 6.07) is 5.02. The van der Waals surface area contributed by atoms with E-state index in [2.05, 4.69) is 0 Å². The number of benzene rings is 1. The van der Waals surface area contributed by atoms with Crippen LogP contribution in [-0.2, 0) is 9.59 Å². The summed E-state index contributed by atoms with van der Waals surface area (Å²) < 4.78 is 0. The Morgan fingerprint density at radius 3 is 1.42 bits per heavy atom. The number of carboxylic acid groups (broad SMARTS) is 3. The summed E-state index contributed by atoms with van der Waals surface area (Å²) in [4.78, 5) is 43.4. The summed E-state index contributed by atoms with van der Waals surface area (Å²) in [5, 5.41) is 42.5. The number of hydrogen-bond acceptors (Lipinski definition) is 7. The molecular weight excluding hydrogens is 350 g/mol. The van der Waals surface area contributed by atoms with Gasteiger partial charge in [-0.05, 0) is 24.3 Å². The number of carbonyl (C=O) groups is 4. The number of aromatic carboxylic acids is 2.